The normalized spacial score (nSPS) is 15.2. The molecule has 1 aromatic carbocycles. The first kappa shape index (κ1) is 14.2. The molecule has 4 nitrogen and oxygen atoms in total. The number of hydrogen-bond acceptors (Lipinski definition) is 2. The fourth-order valence-corrected chi connectivity index (χ4v) is 2.10. The third kappa shape index (κ3) is 3.23. The van der Waals surface area contributed by atoms with Crippen LogP contribution < -0.4 is 10.6 Å². The molecule has 0 saturated heterocycles. The van der Waals surface area contributed by atoms with Gasteiger partial charge in [-0.1, -0.05) is 18.2 Å². The first-order chi connectivity index (χ1) is 9.57. The number of hydrogen-bond donors (Lipinski definition) is 2. The number of halogens is 1. The van der Waals surface area contributed by atoms with Crippen LogP contribution in [0.1, 0.15) is 18.4 Å². The topological polar surface area (TPSA) is 58.2 Å². The van der Waals surface area contributed by atoms with Gasteiger partial charge in [-0.2, -0.15) is 0 Å². The molecule has 1 aromatic rings. The van der Waals surface area contributed by atoms with Gasteiger partial charge in [0.1, 0.15) is 5.82 Å². The van der Waals surface area contributed by atoms with Gasteiger partial charge in [0, 0.05) is 18.5 Å². The number of nitrogens with one attached hydrogen (secondary N) is 2. The Kier molecular flexibility index (Phi) is 4.17. The lowest BCUT2D eigenvalue weighted by Gasteiger charge is -2.16. The maximum atomic E-state index is 12.9. The van der Waals surface area contributed by atoms with Crippen LogP contribution in [-0.2, 0) is 15.0 Å². The number of carbonyl (C=O) groups is 2. The molecule has 0 atom stereocenters. The van der Waals surface area contributed by atoms with Crippen molar-refractivity contribution >= 4 is 11.8 Å². The second-order valence-corrected chi connectivity index (χ2v) is 4.97. The zero-order valence-electron chi connectivity index (χ0n) is 11.1. The molecule has 0 unspecified atom stereocenters. The first-order valence-corrected chi connectivity index (χ1v) is 6.50. The third-order valence-corrected chi connectivity index (χ3v) is 3.51. The van der Waals surface area contributed by atoms with Crippen LogP contribution in [0.15, 0.2) is 36.9 Å². The summed E-state index contributed by atoms with van der Waals surface area (Å²) in [5.41, 5.74) is 0.841. The molecule has 0 radical (unpaired) electrons. The summed E-state index contributed by atoms with van der Waals surface area (Å²) in [5.74, 6) is -1.60. The molecule has 0 heterocycles. The van der Waals surface area contributed by atoms with Crippen LogP contribution >= 0.6 is 0 Å². The monoisotopic (exact) mass is 276 g/mol. The highest BCUT2D eigenvalue weighted by Crippen LogP contribution is 2.47. The van der Waals surface area contributed by atoms with Crippen LogP contribution in [0.3, 0.4) is 0 Å². The zero-order valence-corrected chi connectivity index (χ0v) is 11.1. The number of amides is 2. The standard InChI is InChI=1S/C15H17FN2O2/c1-2-9-17-13(19)14(20)18-10-15(7-8-15)11-3-5-12(16)6-4-11/h2-6H,1,7-10H2,(H,17,19)(H,18,20). The average Bonchev–Trinajstić information content (AvgIpc) is 3.24. The zero-order chi connectivity index (χ0) is 14.6. The highest BCUT2D eigenvalue weighted by atomic mass is 19.1. The molecule has 106 valence electrons. The Bertz CT molecular complexity index is 521. The van der Waals surface area contributed by atoms with E-state index in [9.17, 15) is 14.0 Å². The molecule has 0 bridgehead atoms. The van der Waals surface area contributed by atoms with Crippen molar-refractivity contribution in [2.24, 2.45) is 0 Å². The minimum absolute atomic E-state index is 0.151. The van der Waals surface area contributed by atoms with Crippen LogP contribution in [0.25, 0.3) is 0 Å². The van der Waals surface area contributed by atoms with E-state index >= 15 is 0 Å². The van der Waals surface area contributed by atoms with Crippen molar-refractivity contribution in [2.45, 2.75) is 18.3 Å². The largest absolute Gasteiger partial charge is 0.347 e. The molecule has 0 aromatic heterocycles. The van der Waals surface area contributed by atoms with Gasteiger partial charge in [0.15, 0.2) is 0 Å². The number of carbonyl (C=O) groups excluding carboxylic acids is 2. The number of benzene rings is 1. The van der Waals surface area contributed by atoms with Crippen molar-refractivity contribution in [3.05, 3.63) is 48.3 Å². The van der Waals surface area contributed by atoms with Crippen LogP contribution in [0.4, 0.5) is 4.39 Å². The lowest BCUT2D eigenvalue weighted by atomic mass is 9.96. The predicted octanol–water partition coefficient (Wildman–Crippen LogP) is 1.28. The third-order valence-electron chi connectivity index (χ3n) is 3.51. The summed E-state index contributed by atoms with van der Waals surface area (Å²) in [6, 6.07) is 6.28. The molecule has 2 rings (SSSR count). The lowest BCUT2D eigenvalue weighted by molar-refractivity contribution is -0.139. The van der Waals surface area contributed by atoms with Gasteiger partial charge in [0.2, 0.25) is 0 Å². The van der Waals surface area contributed by atoms with E-state index in [1.165, 1.54) is 18.2 Å². The predicted molar refractivity (Wildman–Crippen MR) is 73.5 cm³/mol. The van der Waals surface area contributed by atoms with Gasteiger partial charge in [-0.15, -0.1) is 6.58 Å². The smallest absolute Gasteiger partial charge is 0.309 e. The summed E-state index contributed by atoms with van der Waals surface area (Å²) in [5, 5.41) is 5.05. The minimum Gasteiger partial charge on any atom is -0.347 e. The molecule has 1 saturated carbocycles. The van der Waals surface area contributed by atoms with Crippen molar-refractivity contribution in [2.75, 3.05) is 13.1 Å². The summed E-state index contributed by atoms with van der Waals surface area (Å²) in [7, 11) is 0. The van der Waals surface area contributed by atoms with Crippen molar-refractivity contribution in [3.8, 4) is 0 Å². The Morgan fingerprint density at radius 2 is 1.80 bits per heavy atom. The summed E-state index contributed by atoms with van der Waals surface area (Å²) in [6.45, 7) is 4.10. The van der Waals surface area contributed by atoms with Crippen LogP contribution in [-0.4, -0.2) is 24.9 Å². The summed E-state index contributed by atoms with van der Waals surface area (Å²) in [4.78, 5) is 23.0. The molecule has 0 aliphatic heterocycles. The fourth-order valence-electron chi connectivity index (χ4n) is 2.10. The molecule has 1 aliphatic carbocycles. The van der Waals surface area contributed by atoms with E-state index in [-0.39, 0.29) is 17.8 Å². The Hall–Kier alpha value is -2.17. The molecule has 20 heavy (non-hydrogen) atoms. The average molecular weight is 276 g/mol. The van der Waals surface area contributed by atoms with E-state index in [2.05, 4.69) is 17.2 Å². The molecule has 2 amide bonds. The summed E-state index contributed by atoms with van der Waals surface area (Å²) in [6.07, 6.45) is 3.35. The quantitative estimate of drug-likeness (QED) is 0.628. The van der Waals surface area contributed by atoms with Crippen molar-refractivity contribution < 1.29 is 14.0 Å². The highest BCUT2D eigenvalue weighted by molar-refractivity contribution is 6.35. The second kappa shape index (κ2) is 5.86. The van der Waals surface area contributed by atoms with Gasteiger partial charge in [-0.25, -0.2) is 4.39 Å². The second-order valence-electron chi connectivity index (χ2n) is 4.97. The summed E-state index contributed by atoms with van der Waals surface area (Å²) >= 11 is 0. The Morgan fingerprint density at radius 1 is 1.20 bits per heavy atom. The molecule has 1 fully saturated rings. The molecule has 2 N–H and O–H groups in total. The van der Waals surface area contributed by atoms with Gasteiger partial charge < -0.3 is 10.6 Å². The van der Waals surface area contributed by atoms with Gasteiger partial charge in [-0.05, 0) is 30.5 Å². The van der Waals surface area contributed by atoms with E-state index < -0.39 is 11.8 Å². The minimum atomic E-state index is -0.667. The SMILES string of the molecule is C=CCNC(=O)C(=O)NCC1(c2ccc(F)cc2)CC1. The molecule has 0 spiro atoms. The molecular formula is C15H17FN2O2. The first-order valence-electron chi connectivity index (χ1n) is 6.50. The van der Waals surface area contributed by atoms with Crippen molar-refractivity contribution in [1.29, 1.82) is 0 Å². The van der Waals surface area contributed by atoms with E-state index in [1.54, 1.807) is 12.1 Å². The maximum Gasteiger partial charge on any atom is 0.309 e. The Balaban J connectivity index is 1.90. The Morgan fingerprint density at radius 3 is 2.35 bits per heavy atom. The van der Waals surface area contributed by atoms with Crippen LogP contribution in [0, 0.1) is 5.82 Å². The molecule has 5 heteroatoms. The van der Waals surface area contributed by atoms with Gasteiger partial charge >= 0.3 is 11.8 Å². The van der Waals surface area contributed by atoms with Crippen LogP contribution in [0.5, 0.6) is 0 Å². The van der Waals surface area contributed by atoms with E-state index in [1.807, 2.05) is 0 Å². The van der Waals surface area contributed by atoms with Gasteiger partial charge in [0.25, 0.3) is 0 Å². The Labute approximate surface area is 117 Å². The van der Waals surface area contributed by atoms with E-state index in [4.69, 9.17) is 0 Å². The van der Waals surface area contributed by atoms with Gasteiger partial charge in [0.05, 0.1) is 0 Å². The van der Waals surface area contributed by atoms with Crippen molar-refractivity contribution in [1.82, 2.24) is 10.6 Å². The molecule has 1 aliphatic rings. The molecular weight excluding hydrogens is 259 g/mol. The highest BCUT2D eigenvalue weighted by Gasteiger charge is 2.44. The van der Waals surface area contributed by atoms with Gasteiger partial charge in [-0.3, -0.25) is 9.59 Å². The van der Waals surface area contributed by atoms with E-state index in [0.29, 0.717) is 6.54 Å². The van der Waals surface area contributed by atoms with Crippen LogP contribution in [0.2, 0.25) is 0 Å². The maximum absolute atomic E-state index is 12.9. The van der Waals surface area contributed by atoms with Crippen molar-refractivity contribution in [3.63, 3.8) is 0 Å². The summed E-state index contributed by atoms with van der Waals surface area (Å²) < 4.78 is 12.9. The fraction of sp³-hybridized carbons (Fsp3) is 0.333. The van der Waals surface area contributed by atoms with E-state index in [0.717, 1.165) is 18.4 Å². The number of rotatable bonds is 5. The lowest BCUT2D eigenvalue weighted by Crippen LogP contribution is -2.42.